The lowest BCUT2D eigenvalue weighted by atomic mass is 9.87. The van der Waals surface area contributed by atoms with E-state index in [1.54, 1.807) is 24.3 Å². The zero-order valence-electron chi connectivity index (χ0n) is 17.3. The van der Waals surface area contributed by atoms with Crippen LogP contribution in [0.1, 0.15) is 29.0 Å². The van der Waals surface area contributed by atoms with Gasteiger partial charge in [0.15, 0.2) is 9.84 Å². The number of sulfone groups is 1. The van der Waals surface area contributed by atoms with Gasteiger partial charge in [-0.25, -0.2) is 8.42 Å². The molecule has 0 saturated carbocycles. The summed E-state index contributed by atoms with van der Waals surface area (Å²) in [5.41, 5.74) is 2.51. The molecule has 3 aromatic rings. The zero-order valence-corrected chi connectivity index (χ0v) is 18.1. The molecule has 3 atom stereocenters. The number of likely N-dealkylation sites (tertiary alicyclic amines) is 1. The third kappa shape index (κ3) is 4.27. The Bertz CT molecular complexity index is 1150. The molecule has 1 aliphatic heterocycles. The Morgan fingerprint density at radius 2 is 1.48 bits per heavy atom. The molecule has 5 nitrogen and oxygen atoms in total. The number of carbonyl (C=O) groups is 1. The summed E-state index contributed by atoms with van der Waals surface area (Å²) in [4.78, 5) is 14.5. The van der Waals surface area contributed by atoms with Crippen LogP contribution in [0, 0.1) is 6.92 Å². The highest BCUT2D eigenvalue weighted by Gasteiger charge is 2.49. The summed E-state index contributed by atoms with van der Waals surface area (Å²) in [6.45, 7) is 2.04. The van der Waals surface area contributed by atoms with E-state index in [0.717, 1.165) is 16.7 Å². The Labute approximate surface area is 182 Å². The highest BCUT2D eigenvalue weighted by Crippen LogP contribution is 2.39. The SMILES string of the molecule is Cc1ccc(S(=O)(=O)C2C(c3ccccc3)CC(=O)N(Cc3ccccc3)C2O)cc1. The van der Waals surface area contributed by atoms with E-state index in [0.29, 0.717) is 0 Å². The molecule has 1 amide bonds. The molecule has 1 fully saturated rings. The molecule has 0 bridgehead atoms. The summed E-state index contributed by atoms with van der Waals surface area (Å²) in [6.07, 6.45) is -1.44. The third-order valence-electron chi connectivity index (χ3n) is 5.86. The van der Waals surface area contributed by atoms with Crippen LogP contribution in [0.5, 0.6) is 0 Å². The molecule has 31 heavy (non-hydrogen) atoms. The average molecular weight is 436 g/mol. The topological polar surface area (TPSA) is 74.7 Å². The summed E-state index contributed by atoms with van der Waals surface area (Å²) in [5, 5.41) is 10.1. The van der Waals surface area contributed by atoms with Gasteiger partial charge in [-0.2, -0.15) is 0 Å². The number of piperidine rings is 1. The van der Waals surface area contributed by atoms with E-state index in [9.17, 15) is 18.3 Å². The Kier molecular flexibility index (Phi) is 5.94. The number of benzene rings is 3. The van der Waals surface area contributed by atoms with E-state index < -0.39 is 27.2 Å². The molecule has 3 unspecified atom stereocenters. The lowest BCUT2D eigenvalue weighted by molar-refractivity contribution is -0.148. The Balaban J connectivity index is 1.77. The van der Waals surface area contributed by atoms with Gasteiger partial charge in [-0.15, -0.1) is 0 Å². The number of aliphatic hydroxyl groups excluding tert-OH is 1. The minimum atomic E-state index is -3.92. The van der Waals surface area contributed by atoms with Gasteiger partial charge in [0.1, 0.15) is 11.5 Å². The van der Waals surface area contributed by atoms with Crippen molar-refractivity contribution in [3.63, 3.8) is 0 Å². The molecule has 1 aliphatic rings. The zero-order chi connectivity index (χ0) is 22.0. The second-order valence-electron chi connectivity index (χ2n) is 7.96. The maximum Gasteiger partial charge on any atom is 0.225 e. The molecule has 1 saturated heterocycles. The number of hydrogen-bond donors (Lipinski definition) is 1. The molecule has 0 aromatic heterocycles. The number of hydrogen-bond acceptors (Lipinski definition) is 4. The van der Waals surface area contributed by atoms with Crippen molar-refractivity contribution in [3.05, 3.63) is 102 Å². The maximum absolute atomic E-state index is 13.7. The number of carbonyl (C=O) groups excluding carboxylic acids is 1. The first-order chi connectivity index (χ1) is 14.9. The van der Waals surface area contributed by atoms with Crippen LogP contribution in [0.15, 0.2) is 89.8 Å². The lowest BCUT2D eigenvalue weighted by Gasteiger charge is -2.42. The van der Waals surface area contributed by atoms with Gasteiger partial charge in [-0.3, -0.25) is 4.79 Å². The van der Waals surface area contributed by atoms with Crippen molar-refractivity contribution in [2.45, 2.75) is 42.2 Å². The highest BCUT2D eigenvalue weighted by atomic mass is 32.2. The predicted molar refractivity (Wildman–Crippen MR) is 119 cm³/mol. The van der Waals surface area contributed by atoms with Crippen LogP contribution in [0.4, 0.5) is 0 Å². The Morgan fingerprint density at radius 3 is 2.10 bits per heavy atom. The van der Waals surface area contributed by atoms with Crippen molar-refractivity contribution < 1.29 is 18.3 Å². The van der Waals surface area contributed by atoms with E-state index in [1.165, 1.54) is 4.90 Å². The number of rotatable bonds is 5. The molecule has 0 radical (unpaired) electrons. The molecule has 1 heterocycles. The van der Waals surface area contributed by atoms with Crippen molar-refractivity contribution in [2.24, 2.45) is 0 Å². The smallest absolute Gasteiger partial charge is 0.225 e. The van der Waals surface area contributed by atoms with Gasteiger partial charge in [-0.1, -0.05) is 78.4 Å². The quantitative estimate of drug-likeness (QED) is 0.664. The standard InChI is InChI=1S/C25H25NO4S/c1-18-12-14-21(15-13-18)31(29,30)24-22(20-10-6-3-7-11-20)16-23(27)26(25(24)28)17-19-8-4-2-5-9-19/h2-15,22,24-25,28H,16-17H2,1H3. The van der Waals surface area contributed by atoms with Crippen LogP contribution in [-0.2, 0) is 21.2 Å². The summed E-state index contributed by atoms with van der Waals surface area (Å²) < 4.78 is 27.4. The first kappa shape index (κ1) is 21.3. The second kappa shape index (κ2) is 8.65. The monoisotopic (exact) mass is 435 g/mol. The molecule has 3 aromatic carbocycles. The lowest BCUT2D eigenvalue weighted by Crippen LogP contribution is -2.56. The molecule has 0 aliphatic carbocycles. The second-order valence-corrected chi connectivity index (χ2v) is 10.1. The van der Waals surface area contributed by atoms with Gasteiger partial charge >= 0.3 is 0 Å². The van der Waals surface area contributed by atoms with Crippen molar-refractivity contribution in [1.82, 2.24) is 4.90 Å². The Hall–Kier alpha value is -2.96. The van der Waals surface area contributed by atoms with E-state index >= 15 is 0 Å². The van der Waals surface area contributed by atoms with Crippen LogP contribution < -0.4 is 0 Å². The highest BCUT2D eigenvalue weighted by molar-refractivity contribution is 7.92. The van der Waals surface area contributed by atoms with Crippen LogP contribution >= 0.6 is 0 Å². The summed E-state index contributed by atoms with van der Waals surface area (Å²) in [5.74, 6) is -0.900. The number of aliphatic hydroxyl groups is 1. The third-order valence-corrected chi connectivity index (χ3v) is 8.07. The van der Waals surface area contributed by atoms with Gasteiger partial charge in [0.2, 0.25) is 5.91 Å². The Morgan fingerprint density at radius 1 is 0.903 bits per heavy atom. The predicted octanol–water partition coefficient (Wildman–Crippen LogP) is 3.67. The normalized spacial score (nSPS) is 21.8. The largest absolute Gasteiger partial charge is 0.372 e. The molecular weight excluding hydrogens is 410 g/mol. The fourth-order valence-corrected chi connectivity index (χ4v) is 6.17. The molecular formula is C25H25NO4S. The van der Waals surface area contributed by atoms with Crippen molar-refractivity contribution in [1.29, 1.82) is 0 Å². The molecule has 1 N–H and O–H groups in total. The van der Waals surface area contributed by atoms with Crippen molar-refractivity contribution in [3.8, 4) is 0 Å². The minimum absolute atomic E-state index is 0.0175. The van der Waals surface area contributed by atoms with E-state index in [4.69, 9.17) is 0 Å². The van der Waals surface area contributed by atoms with E-state index in [-0.39, 0.29) is 23.8 Å². The summed E-state index contributed by atoms with van der Waals surface area (Å²) in [7, 11) is -3.92. The first-order valence-corrected chi connectivity index (χ1v) is 11.8. The molecule has 6 heteroatoms. The van der Waals surface area contributed by atoms with Crippen molar-refractivity contribution >= 4 is 15.7 Å². The summed E-state index contributed by atoms with van der Waals surface area (Å²) >= 11 is 0. The van der Waals surface area contributed by atoms with E-state index in [2.05, 4.69) is 0 Å². The van der Waals surface area contributed by atoms with Crippen LogP contribution in [0.3, 0.4) is 0 Å². The number of aryl methyl sites for hydroxylation is 1. The van der Waals surface area contributed by atoms with Gasteiger partial charge in [-0.05, 0) is 30.2 Å². The van der Waals surface area contributed by atoms with Crippen molar-refractivity contribution in [2.75, 3.05) is 0 Å². The molecule has 4 rings (SSSR count). The van der Waals surface area contributed by atoms with Gasteiger partial charge < -0.3 is 10.0 Å². The number of nitrogens with zero attached hydrogens (tertiary/aromatic N) is 1. The first-order valence-electron chi connectivity index (χ1n) is 10.2. The van der Waals surface area contributed by atoms with Gasteiger partial charge in [0, 0.05) is 18.9 Å². The number of amides is 1. The summed E-state index contributed by atoms with van der Waals surface area (Å²) in [6, 6.07) is 25.0. The van der Waals surface area contributed by atoms with Gasteiger partial charge in [0.25, 0.3) is 0 Å². The van der Waals surface area contributed by atoms with Crippen LogP contribution in [-0.4, -0.2) is 35.8 Å². The van der Waals surface area contributed by atoms with Crippen LogP contribution in [0.2, 0.25) is 0 Å². The fraction of sp³-hybridized carbons (Fsp3) is 0.240. The molecule has 0 spiro atoms. The van der Waals surface area contributed by atoms with E-state index in [1.807, 2.05) is 67.6 Å². The molecule has 160 valence electrons. The maximum atomic E-state index is 13.7. The van der Waals surface area contributed by atoms with Crippen LogP contribution in [0.25, 0.3) is 0 Å². The van der Waals surface area contributed by atoms with Gasteiger partial charge in [0.05, 0.1) is 4.90 Å². The average Bonchev–Trinajstić information content (AvgIpc) is 2.77. The minimum Gasteiger partial charge on any atom is -0.372 e. The fourth-order valence-electron chi connectivity index (χ4n) is 4.19.